The average molecular weight is 467 g/mol. The first-order chi connectivity index (χ1) is 14.0. The number of ether oxygens (including phenoxy) is 2. The second kappa shape index (κ2) is 11.6. The van der Waals surface area contributed by atoms with Gasteiger partial charge in [-0.25, -0.2) is 0 Å². The first kappa shape index (κ1) is 23.0. The molecule has 1 aliphatic heterocycles. The Morgan fingerprint density at radius 3 is 2.69 bits per heavy atom. The van der Waals surface area contributed by atoms with Gasteiger partial charge in [0.2, 0.25) is 5.91 Å². The summed E-state index contributed by atoms with van der Waals surface area (Å²) in [5.74, 6) is 0.718. The van der Waals surface area contributed by atoms with Gasteiger partial charge in [-0.2, -0.15) is 5.26 Å². The third-order valence-corrected chi connectivity index (χ3v) is 5.05. The summed E-state index contributed by atoms with van der Waals surface area (Å²) < 4.78 is 11.9. The maximum atomic E-state index is 12.7. The van der Waals surface area contributed by atoms with Crippen molar-refractivity contribution < 1.29 is 19.1 Å². The van der Waals surface area contributed by atoms with Crippen molar-refractivity contribution in [1.82, 2.24) is 15.1 Å². The highest BCUT2D eigenvalue weighted by Gasteiger charge is 2.22. The molecular weight excluding hydrogens is 440 g/mol. The first-order valence-corrected chi connectivity index (χ1v) is 10.5. The molecule has 1 saturated heterocycles. The molecule has 0 atom stereocenters. The Balaban J connectivity index is 1.94. The van der Waals surface area contributed by atoms with E-state index in [1.807, 2.05) is 13.8 Å². The van der Waals surface area contributed by atoms with Gasteiger partial charge in [-0.1, -0.05) is 0 Å². The number of carbonyl (C=O) groups is 2. The van der Waals surface area contributed by atoms with E-state index in [2.05, 4.69) is 32.2 Å². The molecule has 0 aliphatic carbocycles. The minimum absolute atomic E-state index is 0.00438. The lowest BCUT2D eigenvalue weighted by atomic mass is 10.2. The molecule has 1 N–H and O–H groups in total. The minimum atomic E-state index is -0.124. The summed E-state index contributed by atoms with van der Waals surface area (Å²) in [6.07, 6.45) is 0.801. The van der Waals surface area contributed by atoms with Crippen molar-refractivity contribution in [3.05, 3.63) is 22.2 Å². The van der Waals surface area contributed by atoms with E-state index in [1.165, 1.54) is 0 Å². The van der Waals surface area contributed by atoms with Crippen LogP contribution in [-0.4, -0.2) is 74.1 Å². The Labute approximate surface area is 179 Å². The number of nitrogens with one attached hydrogen (secondary N) is 1. The molecule has 0 radical (unpaired) electrons. The van der Waals surface area contributed by atoms with Crippen LogP contribution >= 0.6 is 15.9 Å². The van der Waals surface area contributed by atoms with Crippen molar-refractivity contribution >= 4 is 27.7 Å². The molecular formula is C20H27BrN4O4. The molecule has 29 heavy (non-hydrogen) atoms. The molecule has 0 saturated carbocycles. The number of likely N-dealkylation sites (N-methyl/N-ethyl adjacent to an activating group) is 1. The molecule has 8 nitrogen and oxygen atoms in total. The van der Waals surface area contributed by atoms with Crippen LogP contribution in [0, 0.1) is 11.3 Å². The van der Waals surface area contributed by atoms with Crippen molar-refractivity contribution in [1.29, 1.82) is 5.26 Å². The molecule has 158 valence electrons. The monoisotopic (exact) mass is 466 g/mol. The summed E-state index contributed by atoms with van der Waals surface area (Å²) in [5.41, 5.74) is 0.443. The topological polar surface area (TPSA) is 94.9 Å². The largest absolute Gasteiger partial charge is 0.490 e. The van der Waals surface area contributed by atoms with Crippen LogP contribution in [0.2, 0.25) is 0 Å². The number of rotatable bonds is 8. The van der Waals surface area contributed by atoms with Gasteiger partial charge in [0.05, 0.1) is 29.3 Å². The highest BCUT2D eigenvalue weighted by Crippen LogP contribution is 2.36. The second-order valence-electron chi connectivity index (χ2n) is 6.58. The van der Waals surface area contributed by atoms with Crippen LogP contribution in [0.1, 0.15) is 25.8 Å². The molecule has 1 heterocycles. The van der Waals surface area contributed by atoms with Crippen molar-refractivity contribution in [3.63, 3.8) is 0 Å². The fraction of sp³-hybridized carbons (Fsp3) is 0.550. The molecule has 0 aromatic heterocycles. The Morgan fingerprint density at radius 2 is 2.00 bits per heavy atom. The van der Waals surface area contributed by atoms with E-state index >= 15 is 0 Å². The maximum absolute atomic E-state index is 12.7. The third kappa shape index (κ3) is 6.91. The fourth-order valence-electron chi connectivity index (χ4n) is 3.10. The quantitative estimate of drug-likeness (QED) is 0.627. The predicted molar refractivity (Wildman–Crippen MR) is 112 cm³/mol. The predicted octanol–water partition coefficient (Wildman–Crippen LogP) is 1.77. The van der Waals surface area contributed by atoms with E-state index in [0.29, 0.717) is 60.9 Å². The van der Waals surface area contributed by atoms with E-state index < -0.39 is 0 Å². The molecule has 2 rings (SSSR count). The molecule has 2 amide bonds. The Morgan fingerprint density at radius 1 is 1.21 bits per heavy atom. The smallest absolute Gasteiger partial charge is 0.260 e. The lowest BCUT2D eigenvalue weighted by Crippen LogP contribution is -2.40. The van der Waals surface area contributed by atoms with Gasteiger partial charge in [-0.3, -0.25) is 14.5 Å². The summed E-state index contributed by atoms with van der Waals surface area (Å²) in [5, 5.41) is 11.9. The Kier molecular flexibility index (Phi) is 9.22. The van der Waals surface area contributed by atoms with Crippen LogP contribution in [0.4, 0.5) is 0 Å². The summed E-state index contributed by atoms with van der Waals surface area (Å²) in [7, 11) is 0. The van der Waals surface area contributed by atoms with Crippen LogP contribution in [0.3, 0.4) is 0 Å². The van der Waals surface area contributed by atoms with E-state index in [9.17, 15) is 9.59 Å². The number of hydrogen-bond donors (Lipinski definition) is 1. The van der Waals surface area contributed by atoms with Gasteiger partial charge in [-0.15, -0.1) is 0 Å². The molecule has 1 fully saturated rings. The van der Waals surface area contributed by atoms with E-state index in [1.54, 1.807) is 17.0 Å². The van der Waals surface area contributed by atoms with Crippen LogP contribution in [0.15, 0.2) is 16.6 Å². The zero-order chi connectivity index (χ0) is 21.2. The van der Waals surface area contributed by atoms with Crippen molar-refractivity contribution in [3.8, 4) is 17.6 Å². The van der Waals surface area contributed by atoms with Gasteiger partial charge in [0.15, 0.2) is 18.1 Å². The summed E-state index contributed by atoms with van der Waals surface area (Å²) in [4.78, 5) is 28.2. The molecule has 1 aliphatic rings. The van der Waals surface area contributed by atoms with E-state index in [-0.39, 0.29) is 18.4 Å². The number of hydrogen-bond acceptors (Lipinski definition) is 6. The number of carbonyl (C=O) groups excluding carboxylic acids is 2. The summed E-state index contributed by atoms with van der Waals surface area (Å²) >= 11 is 3.39. The number of nitrogens with zero attached hydrogens (tertiary/aromatic N) is 3. The van der Waals surface area contributed by atoms with Crippen molar-refractivity contribution in [2.45, 2.75) is 20.3 Å². The highest BCUT2D eigenvalue weighted by atomic mass is 79.9. The molecule has 1 aromatic rings. The zero-order valence-electron chi connectivity index (χ0n) is 16.9. The maximum Gasteiger partial charge on any atom is 0.260 e. The average Bonchev–Trinajstić information content (AvgIpc) is 2.93. The zero-order valence-corrected chi connectivity index (χ0v) is 18.5. The Bertz CT molecular complexity index is 766. The minimum Gasteiger partial charge on any atom is -0.490 e. The lowest BCUT2D eigenvalue weighted by Gasteiger charge is -2.22. The third-order valence-electron chi connectivity index (χ3n) is 4.46. The van der Waals surface area contributed by atoms with Crippen LogP contribution in [0.5, 0.6) is 11.5 Å². The standard InChI is InChI=1S/C20H27BrN4O4/c1-3-23-18(26)13-24-6-5-7-25(9-8-24)19(27)14-29-20-16(21)10-15(12-22)11-17(20)28-4-2/h10-11H,3-9,13-14H2,1-2H3,(H,23,26). The van der Waals surface area contributed by atoms with Crippen LogP contribution in [0.25, 0.3) is 0 Å². The number of halogens is 1. The van der Waals surface area contributed by atoms with Gasteiger partial charge in [-0.05, 0) is 42.3 Å². The molecule has 9 heteroatoms. The van der Waals surface area contributed by atoms with Gasteiger partial charge in [0, 0.05) is 38.8 Å². The first-order valence-electron chi connectivity index (χ1n) is 9.74. The normalized spacial score (nSPS) is 14.6. The SMILES string of the molecule is CCNC(=O)CN1CCCN(C(=O)COc2c(Br)cc(C#N)cc2OCC)CC1. The summed E-state index contributed by atoms with van der Waals surface area (Å²) in [6.45, 7) is 7.58. The second-order valence-corrected chi connectivity index (χ2v) is 7.44. The van der Waals surface area contributed by atoms with Gasteiger partial charge < -0.3 is 19.7 Å². The number of nitriles is 1. The van der Waals surface area contributed by atoms with Crippen LogP contribution in [-0.2, 0) is 9.59 Å². The Hall–Kier alpha value is -2.31. The van der Waals surface area contributed by atoms with Crippen molar-refractivity contribution in [2.24, 2.45) is 0 Å². The van der Waals surface area contributed by atoms with Crippen LogP contribution < -0.4 is 14.8 Å². The lowest BCUT2D eigenvalue weighted by molar-refractivity contribution is -0.133. The molecule has 0 unspecified atom stereocenters. The van der Waals surface area contributed by atoms with E-state index in [4.69, 9.17) is 14.7 Å². The van der Waals surface area contributed by atoms with Gasteiger partial charge >= 0.3 is 0 Å². The molecule has 1 aromatic carbocycles. The van der Waals surface area contributed by atoms with E-state index in [0.717, 1.165) is 13.0 Å². The molecule has 0 bridgehead atoms. The fourth-order valence-corrected chi connectivity index (χ4v) is 3.65. The number of benzene rings is 1. The van der Waals surface area contributed by atoms with Crippen molar-refractivity contribution in [2.75, 3.05) is 52.5 Å². The number of amides is 2. The van der Waals surface area contributed by atoms with Gasteiger partial charge in [0.1, 0.15) is 0 Å². The highest BCUT2D eigenvalue weighted by molar-refractivity contribution is 9.10. The van der Waals surface area contributed by atoms with Gasteiger partial charge in [0.25, 0.3) is 5.91 Å². The summed E-state index contributed by atoms with van der Waals surface area (Å²) in [6, 6.07) is 5.30. The molecule has 0 spiro atoms.